The average Bonchev–Trinajstić information content (AvgIpc) is 3.61. The number of hydrogen-bond donors (Lipinski definition) is 3. The molecule has 9 nitrogen and oxygen atoms in total. The first-order valence-electron chi connectivity index (χ1n) is 11.5. The molecule has 0 atom stereocenters. The van der Waals surface area contributed by atoms with Crippen LogP contribution in [0.15, 0.2) is 55.1 Å². The first kappa shape index (κ1) is 22.1. The Hall–Kier alpha value is -4.44. The smallest absolute Gasteiger partial charge is 0.226 e. The Morgan fingerprint density at radius 2 is 1.92 bits per heavy atom. The summed E-state index contributed by atoms with van der Waals surface area (Å²) in [6.45, 7) is 5.78. The van der Waals surface area contributed by atoms with Crippen molar-refractivity contribution in [3.05, 3.63) is 60.0 Å². The Morgan fingerprint density at radius 3 is 2.72 bits per heavy atom. The molecule has 0 aliphatic heterocycles. The molecule has 10 heteroatoms. The number of H-pyrrole nitrogens is 2. The number of pyridine rings is 3. The third kappa shape index (κ3) is 3.91. The summed E-state index contributed by atoms with van der Waals surface area (Å²) in [5.41, 5.74) is 6.15. The van der Waals surface area contributed by atoms with Gasteiger partial charge in [0.15, 0.2) is 5.82 Å². The van der Waals surface area contributed by atoms with E-state index in [1.807, 2.05) is 32.0 Å². The minimum Gasteiger partial charge on any atom is -0.336 e. The van der Waals surface area contributed by atoms with Crippen LogP contribution in [0.4, 0.5) is 5.69 Å². The van der Waals surface area contributed by atoms with Crippen molar-refractivity contribution in [3.63, 3.8) is 0 Å². The van der Waals surface area contributed by atoms with Gasteiger partial charge in [-0.2, -0.15) is 5.10 Å². The van der Waals surface area contributed by atoms with Crippen molar-refractivity contribution >= 4 is 44.9 Å². The van der Waals surface area contributed by atoms with Crippen molar-refractivity contribution in [2.24, 2.45) is 5.92 Å². The fourth-order valence-corrected chi connectivity index (χ4v) is 4.84. The summed E-state index contributed by atoms with van der Waals surface area (Å²) in [6, 6.07) is 9.89. The third-order valence-corrected chi connectivity index (χ3v) is 6.88. The molecule has 0 unspecified atom stereocenters. The van der Waals surface area contributed by atoms with Gasteiger partial charge in [-0.25, -0.2) is 4.98 Å². The normalized spacial score (nSPS) is 11.6. The van der Waals surface area contributed by atoms with E-state index in [2.05, 4.69) is 54.5 Å². The van der Waals surface area contributed by atoms with Gasteiger partial charge in [0.25, 0.3) is 0 Å². The van der Waals surface area contributed by atoms with E-state index in [0.717, 1.165) is 38.1 Å². The maximum atomic E-state index is 12.1. The van der Waals surface area contributed by atoms with E-state index < -0.39 is 0 Å². The van der Waals surface area contributed by atoms with Crippen LogP contribution in [0.1, 0.15) is 18.7 Å². The van der Waals surface area contributed by atoms with E-state index in [1.54, 1.807) is 36.1 Å². The van der Waals surface area contributed by atoms with Crippen molar-refractivity contribution < 1.29 is 4.79 Å². The molecule has 0 bridgehead atoms. The Kier molecular flexibility index (Phi) is 5.30. The van der Waals surface area contributed by atoms with E-state index in [0.29, 0.717) is 22.9 Å². The van der Waals surface area contributed by atoms with Gasteiger partial charge in [0.2, 0.25) is 5.91 Å². The molecule has 178 valence electrons. The van der Waals surface area contributed by atoms with Crippen LogP contribution in [0.5, 0.6) is 0 Å². The summed E-state index contributed by atoms with van der Waals surface area (Å²) in [4.78, 5) is 36.1. The van der Waals surface area contributed by atoms with Gasteiger partial charge >= 0.3 is 0 Å². The molecule has 1 amide bonds. The quantitative estimate of drug-likeness (QED) is 0.287. The molecule has 3 N–H and O–H groups in total. The van der Waals surface area contributed by atoms with Gasteiger partial charge in [-0.15, -0.1) is 11.3 Å². The second-order valence-electron chi connectivity index (χ2n) is 8.85. The molecule has 6 rings (SSSR count). The highest BCUT2D eigenvalue weighted by Gasteiger charge is 2.17. The molecule has 0 aliphatic rings. The first-order valence-corrected chi connectivity index (χ1v) is 12.3. The molecule has 0 aromatic carbocycles. The molecule has 0 fully saturated rings. The monoisotopic (exact) mass is 494 g/mol. The van der Waals surface area contributed by atoms with Crippen LogP contribution in [-0.4, -0.2) is 41.0 Å². The molecule has 36 heavy (non-hydrogen) atoms. The van der Waals surface area contributed by atoms with Gasteiger partial charge in [0.1, 0.15) is 16.9 Å². The van der Waals surface area contributed by atoms with Gasteiger partial charge in [0.05, 0.1) is 39.7 Å². The number of thiophene rings is 1. The lowest BCUT2D eigenvalue weighted by Crippen LogP contribution is -2.17. The van der Waals surface area contributed by atoms with E-state index in [1.165, 1.54) is 4.88 Å². The number of amides is 1. The van der Waals surface area contributed by atoms with Gasteiger partial charge < -0.3 is 10.3 Å². The number of carbonyl (C=O) groups excluding carboxylic acids is 1. The van der Waals surface area contributed by atoms with E-state index >= 15 is 0 Å². The maximum absolute atomic E-state index is 12.1. The summed E-state index contributed by atoms with van der Waals surface area (Å²) >= 11 is 1.69. The molecule has 0 saturated heterocycles. The van der Waals surface area contributed by atoms with Crippen LogP contribution in [0, 0.1) is 12.8 Å². The zero-order valence-corrected chi connectivity index (χ0v) is 20.6. The average molecular weight is 495 g/mol. The van der Waals surface area contributed by atoms with Crippen molar-refractivity contribution in [3.8, 4) is 33.3 Å². The van der Waals surface area contributed by atoms with E-state index in [-0.39, 0.29) is 11.8 Å². The molecular weight excluding hydrogens is 472 g/mol. The van der Waals surface area contributed by atoms with Gasteiger partial charge in [-0.05, 0) is 37.3 Å². The molecule has 0 spiro atoms. The standard InChI is InChI=1S/C26H22N8OS/c1-13(2)26(35)30-16-8-15(10-27-11-16)19-9-17-20(12-29-19)33-34-22(17)25-31-18-6-7-28-24(23(18)32-25)21-5-4-14(3)36-21/h4-13H,1-3H3,(H,30,35)(H,31,32)(H,33,34). The summed E-state index contributed by atoms with van der Waals surface area (Å²) < 4.78 is 0. The lowest BCUT2D eigenvalue weighted by atomic mass is 10.1. The summed E-state index contributed by atoms with van der Waals surface area (Å²) in [6.07, 6.45) is 6.88. The highest BCUT2D eigenvalue weighted by atomic mass is 32.1. The summed E-state index contributed by atoms with van der Waals surface area (Å²) in [5, 5.41) is 11.3. The second kappa shape index (κ2) is 8.65. The SMILES string of the molecule is Cc1ccc(-c2nccc3[nH]c(-c4n[nH]c5cnc(-c6cncc(NC(=O)C(C)C)c6)cc45)nc23)s1. The van der Waals surface area contributed by atoms with Crippen LogP contribution < -0.4 is 5.32 Å². The van der Waals surface area contributed by atoms with Crippen molar-refractivity contribution in [1.82, 2.24) is 35.1 Å². The van der Waals surface area contributed by atoms with Crippen LogP contribution in [0.25, 0.3) is 55.3 Å². The van der Waals surface area contributed by atoms with E-state index in [9.17, 15) is 4.79 Å². The fraction of sp³-hybridized carbons (Fsp3) is 0.154. The fourth-order valence-electron chi connectivity index (χ4n) is 3.98. The second-order valence-corrected chi connectivity index (χ2v) is 10.1. The van der Waals surface area contributed by atoms with Crippen molar-refractivity contribution in [2.75, 3.05) is 5.32 Å². The first-order chi connectivity index (χ1) is 17.5. The Morgan fingerprint density at radius 1 is 1.03 bits per heavy atom. The molecule has 6 aromatic heterocycles. The predicted molar refractivity (Wildman–Crippen MR) is 142 cm³/mol. The molecule has 0 aliphatic carbocycles. The minimum atomic E-state index is -0.125. The summed E-state index contributed by atoms with van der Waals surface area (Å²) in [7, 11) is 0. The number of aromatic nitrogens is 7. The number of nitrogens with one attached hydrogen (secondary N) is 3. The van der Waals surface area contributed by atoms with Gasteiger partial charge in [-0.1, -0.05) is 13.8 Å². The number of rotatable bonds is 5. The Bertz CT molecular complexity index is 1750. The zero-order valence-electron chi connectivity index (χ0n) is 19.8. The Labute approximate surface area is 210 Å². The molecule has 6 heterocycles. The number of aryl methyl sites for hydroxylation is 1. The van der Waals surface area contributed by atoms with Gasteiger partial charge in [-0.3, -0.25) is 24.8 Å². The number of anilines is 1. The van der Waals surface area contributed by atoms with Gasteiger partial charge in [0, 0.05) is 34.1 Å². The minimum absolute atomic E-state index is 0.0639. The van der Waals surface area contributed by atoms with Crippen LogP contribution in [0.2, 0.25) is 0 Å². The van der Waals surface area contributed by atoms with Crippen LogP contribution in [0.3, 0.4) is 0 Å². The number of imidazole rings is 1. The summed E-state index contributed by atoms with van der Waals surface area (Å²) in [5.74, 6) is 0.456. The number of nitrogens with zero attached hydrogens (tertiary/aromatic N) is 5. The third-order valence-electron chi connectivity index (χ3n) is 5.87. The topological polar surface area (TPSA) is 125 Å². The molecule has 0 radical (unpaired) electrons. The zero-order chi connectivity index (χ0) is 24.8. The highest BCUT2D eigenvalue weighted by molar-refractivity contribution is 7.15. The van der Waals surface area contributed by atoms with E-state index in [4.69, 9.17) is 4.98 Å². The number of aromatic amines is 2. The molecule has 6 aromatic rings. The largest absolute Gasteiger partial charge is 0.336 e. The number of hydrogen-bond acceptors (Lipinski definition) is 7. The number of fused-ring (bicyclic) bond motifs is 2. The lowest BCUT2D eigenvalue weighted by molar-refractivity contribution is -0.118. The molecular formula is C26H22N8OS. The number of carbonyl (C=O) groups is 1. The Balaban J connectivity index is 1.41. The van der Waals surface area contributed by atoms with Crippen molar-refractivity contribution in [2.45, 2.75) is 20.8 Å². The maximum Gasteiger partial charge on any atom is 0.226 e. The van der Waals surface area contributed by atoms with Crippen molar-refractivity contribution in [1.29, 1.82) is 0 Å². The molecule has 0 saturated carbocycles. The highest BCUT2D eigenvalue weighted by Crippen LogP contribution is 2.34. The van der Waals surface area contributed by atoms with Crippen LogP contribution in [-0.2, 0) is 4.79 Å². The van der Waals surface area contributed by atoms with Crippen LogP contribution >= 0.6 is 11.3 Å². The predicted octanol–water partition coefficient (Wildman–Crippen LogP) is 5.59. The lowest BCUT2D eigenvalue weighted by Gasteiger charge is -2.08.